The van der Waals surface area contributed by atoms with E-state index < -0.39 is 16.0 Å². The van der Waals surface area contributed by atoms with Crippen molar-refractivity contribution in [3.8, 4) is 11.1 Å². The molecule has 4 rings (SSSR count). The molecule has 0 atom stereocenters. The average Bonchev–Trinajstić information content (AvgIpc) is 2.72. The summed E-state index contributed by atoms with van der Waals surface area (Å²) in [5.41, 5.74) is 2.14. The number of carboxylic acid groups (broad SMARTS) is 1. The molecule has 3 N–H and O–H groups in total. The van der Waals surface area contributed by atoms with Crippen molar-refractivity contribution in [2.75, 3.05) is 16.3 Å². The molecule has 0 fully saturated rings. The number of nitrogens with zero attached hydrogens (tertiary/aromatic N) is 3. The van der Waals surface area contributed by atoms with Crippen LogP contribution in [-0.4, -0.2) is 40.7 Å². The fourth-order valence-electron chi connectivity index (χ4n) is 3.08. The second-order valence-corrected chi connectivity index (χ2v) is 9.46. The van der Waals surface area contributed by atoms with Crippen LogP contribution in [0.1, 0.15) is 10.5 Å². The number of hydrogen-bond donors (Lipinski definition) is 3. The Labute approximate surface area is 191 Å². The lowest BCUT2D eigenvalue weighted by Gasteiger charge is -2.11. The van der Waals surface area contributed by atoms with Gasteiger partial charge in [-0.1, -0.05) is 40.2 Å². The summed E-state index contributed by atoms with van der Waals surface area (Å²) in [7, 11) is -3.42. The van der Waals surface area contributed by atoms with Gasteiger partial charge in [-0.05, 0) is 35.9 Å². The minimum Gasteiger partial charge on any atom is -0.476 e. The number of carbonyl (C=O) groups is 1. The van der Waals surface area contributed by atoms with Crippen LogP contribution in [0.3, 0.4) is 0 Å². The van der Waals surface area contributed by atoms with E-state index >= 15 is 0 Å². The number of carboxylic acids is 1. The third kappa shape index (κ3) is 4.84. The van der Waals surface area contributed by atoms with Gasteiger partial charge in [-0.25, -0.2) is 23.2 Å². The van der Waals surface area contributed by atoms with Crippen LogP contribution >= 0.6 is 15.9 Å². The maximum absolute atomic E-state index is 11.9. The van der Waals surface area contributed by atoms with Crippen LogP contribution in [0.5, 0.6) is 0 Å². The van der Waals surface area contributed by atoms with Crippen LogP contribution in [0.4, 0.5) is 17.3 Å². The van der Waals surface area contributed by atoms with Gasteiger partial charge in [-0.2, -0.15) is 4.98 Å². The predicted molar refractivity (Wildman–Crippen MR) is 126 cm³/mol. The summed E-state index contributed by atoms with van der Waals surface area (Å²) in [5, 5.41) is 13.3. The van der Waals surface area contributed by atoms with Gasteiger partial charge in [-0.15, -0.1) is 0 Å². The molecule has 0 aliphatic heterocycles. The van der Waals surface area contributed by atoms with Crippen molar-refractivity contribution in [1.29, 1.82) is 0 Å². The normalized spacial score (nSPS) is 11.3. The Hall–Kier alpha value is -3.57. The van der Waals surface area contributed by atoms with E-state index in [-0.39, 0.29) is 17.3 Å². The van der Waals surface area contributed by atoms with Crippen molar-refractivity contribution in [3.63, 3.8) is 0 Å². The molecule has 11 heteroatoms. The van der Waals surface area contributed by atoms with Crippen LogP contribution in [0, 0.1) is 0 Å². The zero-order valence-corrected chi connectivity index (χ0v) is 19.0. The number of aromatic nitrogens is 3. The smallest absolute Gasteiger partial charge is 0.355 e. The number of rotatable bonds is 6. The van der Waals surface area contributed by atoms with Crippen LogP contribution in [-0.2, 0) is 10.0 Å². The zero-order chi connectivity index (χ0) is 22.9. The molecular weight excluding hydrogens is 498 g/mol. The number of anilines is 3. The van der Waals surface area contributed by atoms with Crippen LogP contribution in [0.2, 0.25) is 0 Å². The van der Waals surface area contributed by atoms with Crippen LogP contribution < -0.4 is 10.0 Å². The van der Waals surface area contributed by atoms with E-state index in [4.69, 9.17) is 0 Å². The Morgan fingerprint density at radius 2 is 1.75 bits per heavy atom. The summed E-state index contributed by atoms with van der Waals surface area (Å²) in [5.74, 6) is -0.989. The number of halogens is 1. The molecular formula is C21H16BrN5O4S. The highest BCUT2D eigenvalue weighted by atomic mass is 79.9. The minimum atomic E-state index is -3.42. The van der Waals surface area contributed by atoms with E-state index in [9.17, 15) is 18.3 Å². The molecule has 0 saturated carbocycles. The molecule has 0 spiro atoms. The molecule has 0 radical (unpaired) electrons. The Morgan fingerprint density at radius 1 is 1.00 bits per heavy atom. The molecule has 32 heavy (non-hydrogen) atoms. The fraction of sp³-hybridized carbons (Fsp3) is 0.0476. The Kier molecular flexibility index (Phi) is 5.76. The molecule has 9 nitrogen and oxygen atoms in total. The second-order valence-electron chi connectivity index (χ2n) is 6.86. The molecule has 2 heterocycles. The average molecular weight is 514 g/mol. The summed E-state index contributed by atoms with van der Waals surface area (Å²) in [6.07, 6.45) is 2.61. The molecule has 0 saturated heterocycles. The van der Waals surface area contributed by atoms with Gasteiger partial charge in [0.15, 0.2) is 11.3 Å². The first-order valence-corrected chi connectivity index (χ1v) is 11.9. The molecule has 0 amide bonds. The summed E-state index contributed by atoms with van der Waals surface area (Å²) in [4.78, 5) is 24.7. The second kappa shape index (κ2) is 8.52. The summed E-state index contributed by atoms with van der Waals surface area (Å²) >= 11 is 3.45. The van der Waals surface area contributed by atoms with Gasteiger partial charge < -0.3 is 10.4 Å². The number of fused-ring (bicyclic) bond motifs is 1. The molecule has 0 aliphatic carbocycles. The standard InChI is InChI=1S/C21H16BrN5O4S/c1-32(30,31)27-14-6-4-5-13(10-14)24-21-23-11-12-9-16(15-7-2-3-8-17(15)22)18(20(28)29)25-19(12)26-21/h2-11,27H,1H3,(H,28,29)(H,23,24,25,26). The van der Waals surface area contributed by atoms with Crippen molar-refractivity contribution < 1.29 is 18.3 Å². The summed E-state index contributed by atoms with van der Waals surface area (Å²) in [6.45, 7) is 0. The van der Waals surface area contributed by atoms with Crippen molar-refractivity contribution in [1.82, 2.24) is 15.0 Å². The molecule has 0 unspecified atom stereocenters. The number of pyridine rings is 1. The number of aromatic carboxylic acids is 1. The van der Waals surface area contributed by atoms with E-state index in [0.29, 0.717) is 27.9 Å². The van der Waals surface area contributed by atoms with Gasteiger partial charge in [0, 0.05) is 27.3 Å². The third-order valence-corrected chi connectivity index (χ3v) is 5.66. The molecule has 2 aromatic carbocycles. The Balaban J connectivity index is 1.72. The maximum atomic E-state index is 11.9. The summed E-state index contributed by atoms with van der Waals surface area (Å²) in [6, 6.07) is 15.5. The molecule has 2 aromatic heterocycles. The highest BCUT2D eigenvalue weighted by Gasteiger charge is 2.18. The van der Waals surface area contributed by atoms with Gasteiger partial charge in [-0.3, -0.25) is 4.72 Å². The first kappa shape index (κ1) is 21.7. The van der Waals surface area contributed by atoms with Gasteiger partial charge in [0.25, 0.3) is 0 Å². The van der Waals surface area contributed by atoms with Crippen LogP contribution in [0.25, 0.3) is 22.2 Å². The molecule has 162 valence electrons. The van der Waals surface area contributed by atoms with Gasteiger partial charge >= 0.3 is 5.97 Å². The number of nitrogens with one attached hydrogen (secondary N) is 2. The van der Waals surface area contributed by atoms with E-state index in [1.54, 1.807) is 42.6 Å². The van der Waals surface area contributed by atoms with Gasteiger partial charge in [0.2, 0.25) is 16.0 Å². The fourth-order valence-corrected chi connectivity index (χ4v) is 4.13. The van der Waals surface area contributed by atoms with Gasteiger partial charge in [0.05, 0.1) is 11.9 Å². The highest BCUT2D eigenvalue weighted by Crippen LogP contribution is 2.32. The van der Waals surface area contributed by atoms with E-state index in [2.05, 4.69) is 40.9 Å². The van der Waals surface area contributed by atoms with Crippen molar-refractivity contribution in [3.05, 3.63) is 71.0 Å². The predicted octanol–water partition coefficient (Wildman–Crippen LogP) is 4.27. The highest BCUT2D eigenvalue weighted by molar-refractivity contribution is 9.10. The topological polar surface area (TPSA) is 134 Å². The van der Waals surface area contributed by atoms with E-state index in [1.807, 2.05) is 18.2 Å². The van der Waals surface area contributed by atoms with E-state index in [0.717, 1.165) is 10.7 Å². The molecule has 0 bridgehead atoms. The molecule has 0 aliphatic rings. The molecule has 4 aromatic rings. The Morgan fingerprint density at radius 3 is 2.47 bits per heavy atom. The SMILES string of the molecule is CS(=O)(=O)Nc1cccc(Nc2ncc3cc(-c4ccccc4Br)c(C(=O)O)nc3n2)c1. The van der Waals surface area contributed by atoms with Gasteiger partial charge in [0.1, 0.15) is 0 Å². The quantitative estimate of drug-likeness (QED) is 0.348. The monoisotopic (exact) mass is 513 g/mol. The largest absolute Gasteiger partial charge is 0.476 e. The third-order valence-electron chi connectivity index (χ3n) is 4.36. The van der Waals surface area contributed by atoms with Crippen molar-refractivity contribution in [2.24, 2.45) is 0 Å². The lowest BCUT2D eigenvalue weighted by molar-refractivity contribution is 0.0691. The summed E-state index contributed by atoms with van der Waals surface area (Å²) < 4.78 is 26.0. The number of benzene rings is 2. The van der Waals surface area contributed by atoms with Crippen LogP contribution in [0.15, 0.2) is 65.3 Å². The minimum absolute atomic E-state index is 0.131. The Bertz CT molecular complexity index is 1460. The van der Waals surface area contributed by atoms with E-state index in [1.165, 1.54) is 0 Å². The number of hydrogen-bond acceptors (Lipinski definition) is 7. The van der Waals surface area contributed by atoms with Crippen molar-refractivity contribution in [2.45, 2.75) is 0 Å². The number of sulfonamides is 1. The maximum Gasteiger partial charge on any atom is 0.355 e. The lowest BCUT2D eigenvalue weighted by atomic mass is 10.0. The first-order chi connectivity index (χ1) is 15.2. The first-order valence-electron chi connectivity index (χ1n) is 9.20. The van der Waals surface area contributed by atoms with Crippen molar-refractivity contribution >= 4 is 60.3 Å². The lowest BCUT2D eigenvalue weighted by Crippen LogP contribution is -2.09. The zero-order valence-electron chi connectivity index (χ0n) is 16.6.